The fraction of sp³-hybridized carbons (Fsp3) is 0.250. The molecule has 3 aromatic rings. The molecule has 5 nitrogen and oxygen atoms in total. The third kappa shape index (κ3) is 2.99. The number of anilines is 1. The Balaban J connectivity index is 1.78. The van der Waals surface area contributed by atoms with Crippen LogP contribution in [0.5, 0.6) is 5.75 Å². The number of aromatic nitrogens is 3. The highest BCUT2D eigenvalue weighted by Crippen LogP contribution is 2.19. The van der Waals surface area contributed by atoms with Gasteiger partial charge in [-0.25, -0.2) is 9.97 Å². The molecule has 0 fully saturated rings. The lowest BCUT2D eigenvalue weighted by Crippen LogP contribution is -2.11. The van der Waals surface area contributed by atoms with Crippen molar-refractivity contribution in [1.29, 1.82) is 0 Å². The predicted octanol–water partition coefficient (Wildman–Crippen LogP) is 3.31. The Labute approximate surface area is 133 Å². The lowest BCUT2D eigenvalue weighted by Gasteiger charge is -2.10. The molecule has 0 amide bonds. The molecule has 3 rings (SSSR count). The summed E-state index contributed by atoms with van der Waals surface area (Å²) in [5.41, 5.74) is 8.08. The van der Waals surface area contributed by atoms with E-state index in [0.29, 0.717) is 23.9 Å². The summed E-state index contributed by atoms with van der Waals surface area (Å²) < 4.78 is 7.82. The first-order chi connectivity index (χ1) is 10.7. The van der Waals surface area contributed by atoms with Gasteiger partial charge in [0.05, 0.1) is 11.6 Å². The number of halogens is 1. The lowest BCUT2D eigenvalue weighted by molar-refractivity contribution is 0.298. The number of hydrogen-bond acceptors (Lipinski definition) is 4. The standard InChI is InChI=1S/C16H17ClN4O/c1-2-15-20-14-8-11(17)10-19-16(14)21(15)6-7-22-13-5-3-4-12(18)9-13/h3-5,8-10H,2,6-7,18H2,1H3. The van der Waals surface area contributed by atoms with Crippen molar-refractivity contribution in [3.8, 4) is 5.75 Å². The molecule has 2 heterocycles. The Kier molecular flexibility index (Phi) is 4.15. The Hall–Kier alpha value is -2.27. The number of ether oxygens (including phenoxy) is 1. The summed E-state index contributed by atoms with van der Waals surface area (Å²) in [4.78, 5) is 8.95. The second kappa shape index (κ2) is 6.23. The van der Waals surface area contributed by atoms with Crippen molar-refractivity contribution >= 4 is 28.5 Å². The van der Waals surface area contributed by atoms with Crippen LogP contribution in [0.3, 0.4) is 0 Å². The number of imidazole rings is 1. The van der Waals surface area contributed by atoms with Gasteiger partial charge < -0.3 is 15.0 Å². The van der Waals surface area contributed by atoms with Gasteiger partial charge in [-0.15, -0.1) is 0 Å². The molecule has 0 aliphatic rings. The Morgan fingerprint density at radius 2 is 2.18 bits per heavy atom. The van der Waals surface area contributed by atoms with E-state index in [2.05, 4.69) is 21.5 Å². The fourth-order valence-corrected chi connectivity index (χ4v) is 2.55. The van der Waals surface area contributed by atoms with Crippen LogP contribution in [0.1, 0.15) is 12.7 Å². The van der Waals surface area contributed by atoms with Gasteiger partial charge in [0.1, 0.15) is 23.7 Å². The van der Waals surface area contributed by atoms with Crippen LogP contribution in [-0.2, 0) is 13.0 Å². The quantitative estimate of drug-likeness (QED) is 0.733. The zero-order valence-electron chi connectivity index (χ0n) is 12.3. The molecule has 114 valence electrons. The van der Waals surface area contributed by atoms with E-state index in [1.54, 1.807) is 6.20 Å². The normalized spacial score (nSPS) is 11.0. The second-order valence-corrected chi connectivity index (χ2v) is 5.39. The molecule has 0 aliphatic heterocycles. The van der Waals surface area contributed by atoms with Crippen LogP contribution in [0.2, 0.25) is 5.02 Å². The van der Waals surface area contributed by atoms with Gasteiger partial charge >= 0.3 is 0 Å². The highest BCUT2D eigenvalue weighted by molar-refractivity contribution is 6.31. The first-order valence-electron chi connectivity index (χ1n) is 7.16. The van der Waals surface area contributed by atoms with Gasteiger partial charge in [-0.2, -0.15) is 0 Å². The second-order valence-electron chi connectivity index (χ2n) is 4.95. The number of rotatable bonds is 5. The average Bonchev–Trinajstić information content (AvgIpc) is 2.84. The maximum Gasteiger partial charge on any atom is 0.160 e. The van der Waals surface area contributed by atoms with E-state index >= 15 is 0 Å². The minimum Gasteiger partial charge on any atom is -0.492 e. The lowest BCUT2D eigenvalue weighted by atomic mass is 10.3. The first kappa shape index (κ1) is 14.7. The predicted molar refractivity (Wildman–Crippen MR) is 88.3 cm³/mol. The molecule has 0 unspecified atom stereocenters. The minimum atomic E-state index is 0.520. The highest BCUT2D eigenvalue weighted by Gasteiger charge is 2.11. The number of nitrogen functional groups attached to an aromatic ring is 1. The third-order valence-corrected chi connectivity index (χ3v) is 3.60. The van der Waals surface area contributed by atoms with Crippen LogP contribution < -0.4 is 10.5 Å². The number of benzene rings is 1. The van der Waals surface area contributed by atoms with Crippen molar-refractivity contribution in [1.82, 2.24) is 14.5 Å². The number of fused-ring (bicyclic) bond motifs is 1. The van der Waals surface area contributed by atoms with E-state index in [1.807, 2.05) is 30.3 Å². The van der Waals surface area contributed by atoms with Crippen molar-refractivity contribution in [3.63, 3.8) is 0 Å². The maximum atomic E-state index is 5.97. The summed E-state index contributed by atoms with van der Waals surface area (Å²) >= 11 is 5.97. The smallest absolute Gasteiger partial charge is 0.160 e. The van der Waals surface area contributed by atoms with E-state index in [0.717, 1.165) is 29.2 Å². The van der Waals surface area contributed by atoms with Crippen molar-refractivity contribution in [2.45, 2.75) is 19.9 Å². The summed E-state index contributed by atoms with van der Waals surface area (Å²) in [6.07, 6.45) is 2.46. The zero-order chi connectivity index (χ0) is 15.5. The molecule has 1 aromatic carbocycles. The van der Waals surface area contributed by atoms with Gasteiger partial charge in [0.2, 0.25) is 0 Å². The average molecular weight is 317 g/mol. The molecule has 0 radical (unpaired) electrons. The molecule has 0 atom stereocenters. The van der Waals surface area contributed by atoms with Crippen LogP contribution in [-0.4, -0.2) is 21.1 Å². The third-order valence-electron chi connectivity index (χ3n) is 3.39. The van der Waals surface area contributed by atoms with Crippen molar-refractivity contribution in [2.24, 2.45) is 0 Å². The van der Waals surface area contributed by atoms with Crippen LogP contribution in [0.15, 0.2) is 36.5 Å². The van der Waals surface area contributed by atoms with E-state index in [-0.39, 0.29) is 0 Å². The van der Waals surface area contributed by atoms with E-state index in [4.69, 9.17) is 22.1 Å². The van der Waals surface area contributed by atoms with Gasteiger partial charge in [-0.1, -0.05) is 24.6 Å². The fourth-order valence-electron chi connectivity index (χ4n) is 2.40. The number of aryl methyl sites for hydroxylation is 1. The van der Waals surface area contributed by atoms with Gasteiger partial charge in [0, 0.05) is 24.4 Å². The van der Waals surface area contributed by atoms with Crippen LogP contribution in [0, 0.1) is 0 Å². The van der Waals surface area contributed by atoms with Crippen molar-refractivity contribution < 1.29 is 4.74 Å². The SMILES string of the molecule is CCc1nc2cc(Cl)cnc2n1CCOc1cccc(N)c1. The van der Waals surface area contributed by atoms with Crippen molar-refractivity contribution in [2.75, 3.05) is 12.3 Å². The minimum absolute atomic E-state index is 0.520. The molecule has 0 saturated carbocycles. The van der Waals surface area contributed by atoms with E-state index in [1.165, 1.54) is 0 Å². The number of hydrogen-bond donors (Lipinski definition) is 1. The van der Waals surface area contributed by atoms with E-state index in [9.17, 15) is 0 Å². The summed E-state index contributed by atoms with van der Waals surface area (Å²) in [6.45, 7) is 3.26. The Morgan fingerprint density at radius 3 is 2.95 bits per heavy atom. The Bertz CT molecular complexity index is 800. The van der Waals surface area contributed by atoms with Gasteiger partial charge in [-0.3, -0.25) is 0 Å². The Morgan fingerprint density at radius 1 is 1.32 bits per heavy atom. The summed E-state index contributed by atoms with van der Waals surface area (Å²) in [6, 6.07) is 9.24. The highest BCUT2D eigenvalue weighted by atomic mass is 35.5. The van der Waals surface area contributed by atoms with Gasteiger partial charge in [0.25, 0.3) is 0 Å². The number of pyridine rings is 1. The van der Waals surface area contributed by atoms with Crippen LogP contribution in [0.4, 0.5) is 5.69 Å². The zero-order valence-corrected chi connectivity index (χ0v) is 13.0. The summed E-state index contributed by atoms with van der Waals surface area (Å²) in [7, 11) is 0. The molecule has 0 bridgehead atoms. The topological polar surface area (TPSA) is 66.0 Å². The molecule has 0 saturated heterocycles. The molecular formula is C16H17ClN4O. The molecule has 6 heteroatoms. The number of nitrogens with zero attached hydrogens (tertiary/aromatic N) is 3. The van der Waals surface area contributed by atoms with Crippen molar-refractivity contribution in [3.05, 3.63) is 47.4 Å². The van der Waals surface area contributed by atoms with Gasteiger partial charge in [-0.05, 0) is 18.2 Å². The molecule has 0 spiro atoms. The summed E-state index contributed by atoms with van der Waals surface area (Å²) in [5, 5.41) is 0.593. The molecular weight excluding hydrogens is 300 g/mol. The molecule has 2 N–H and O–H groups in total. The number of nitrogens with two attached hydrogens (primary N) is 1. The van der Waals surface area contributed by atoms with Gasteiger partial charge in [0.15, 0.2) is 5.65 Å². The first-order valence-corrected chi connectivity index (χ1v) is 7.54. The molecule has 0 aliphatic carbocycles. The maximum absolute atomic E-state index is 5.97. The van der Waals surface area contributed by atoms with E-state index < -0.39 is 0 Å². The van der Waals surface area contributed by atoms with Crippen LogP contribution in [0.25, 0.3) is 11.2 Å². The summed E-state index contributed by atoms with van der Waals surface area (Å²) in [5.74, 6) is 1.74. The molecule has 22 heavy (non-hydrogen) atoms. The molecule has 2 aromatic heterocycles. The monoisotopic (exact) mass is 316 g/mol. The largest absolute Gasteiger partial charge is 0.492 e. The van der Waals surface area contributed by atoms with Crippen LogP contribution >= 0.6 is 11.6 Å².